The van der Waals surface area contributed by atoms with Crippen molar-refractivity contribution in [2.75, 3.05) is 5.32 Å². The molecule has 0 spiro atoms. The number of ether oxygens (including phenoxy) is 1. The SMILES string of the molecule is O=C(Nc1cc(Cl)ccc1-n1cncn1)c1oc2ccccc2c1COc1ccccc1. The van der Waals surface area contributed by atoms with Gasteiger partial charge in [-0.2, -0.15) is 5.10 Å². The number of hydrogen-bond donors (Lipinski definition) is 1. The standard InChI is InChI=1S/C24H17ClN4O3/c25-16-10-11-21(29-15-26-14-27-29)20(12-16)28-24(30)23-19(13-31-17-6-2-1-3-7-17)18-8-4-5-9-22(18)32-23/h1-12,14-15H,13H2,(H,28,30). The summed E-state index contributed by atoms with van der Waals surface area (Å²) in [7, 11) is 0. The lowest BCUT2D eigenvalue weighted by Crippen LogP contribution is -2.15. The summed E-state index contributed by atoms with van der Waals surface area (Å²) < 4.78 is 13.4. The summed E-state index contributed by atoms with van der Waals surface area (Å²) in [6.07, 6.45) is 2.96. The molecule has 8 heteroatoms. The first kappa shape index (κ1) is 19.8. The van der Waals surface area contributed by atoms with Crippen LogP contribution in [0.3, 0.4) is 0 Å². The second-order valence-corrected chi connectivity index (χ2v) is 7.40. The van der Waals surface area contributed by atoms with Crippen molar-refractivity contribution in [3.63, 3.8) is 0 Å². The molecule has 0 saturated heterocycles. The third kappa shape index (κ3) is 3.93. The lowest BCUT2D eigenvalue weighted by Gasteiger charge is -2.11. The summed E-state index contributed by atoms with van der Waals surface area (Å²) in [4.78, 5) is 17.3. The minimum atomic E-state index is -0.420. The highest BCUT2D eigenvalue weighted by molar-refractivity contribution is 6.31. The fourth-order valence-corrected chi connectivity index (χ4v) is 3.59. The second-order valence-electron chi connectivity index (χ2n) is 6.96. The van der Waals surface area contributed by atoms with Gasteiger partial charge in [-0.1, -0.05) is 48.0 Å². The number of aromatic nitrogens is 3. The van der Waals surface area contributed by atoms with Crippen molar-refractivity contribution in [2.24, 2.45) is 0 Å². The number of halogens is 1. The Labute approximate surface area is 188 Å². The zero-order valence-corrected chi connectivity index (χ0v) is 17.5. The van der Waals surface area contributed by atoms with Gasteiger partial charge in [-0.05, 0) is 36.4 Å². The first-order valence-corrected chi connectivity index (χ1v) is 10.2. The summed E-state index contributed by atoms with van der Waals surface area (Å²) >= 11 is 6.18. The maximum atomic E-state index is 13.3. The Morgan fingerprint density at radius 2 is 1.88 bits per heavy atom. The average Bonchev–Trinajstić information content (AvgIpc) is 3.47. The van der Waals surface area contributed by atoms with Crippen LogP contribution in [0.5, 0.6) is 5.75 Å². The van der Waals surface area contributed by atoms with E-state index in [9.17, 15) is 4.79 Å². The number of rotatable bonds is 6. The van der Waals surface area contributed by atoms with Crippen LogP contribution in [0.1, 0.15) is 16.1 Å². The molecular formula is C24H17ClN4O3. The molecular weight excluding hydrogens is 428 g/mol. The number of hydrogen-bond acceptors (Lipinski definition) is 5. The molecule has 2 aromatic heterocycles. The van der Waals surface area contributed by atoms with Gasteiger partial charge in [0.05, 0.1) is 11.4 Å². The fraction of sp³-hybridized carbons (Fsp3) is 0.0417. The summed E-state index contributed by atoms with van der Waals surface area (Å²) in [6, 6.07) is 22.0. The molecule has 3 aromatic carbocycles. The normalized spacial score (nSPS) is 10.9. The number of para-hydroxylation sites is 2. The smallest absolute Gasteiger partial charge is 0.291 e. The van der Waals surface area contributed by atoms with E-state index in [1.807, 2.05) is 54.6 Å². The Hall–Kier alpha value is -4.10. The van der Waals surface area contributed by atoms with E-state index in [0.29, 0.717) is 33.3 Å². The van der Waals surface area contributed by atoms with Gasteiger partial charge in [0.15, 0.2) is 5.76 Å². The Bertz CT molecular complexity index is 1380. The number of carbonyl (C=O) groups excluding carboxylic acids is 1. The van der Waals surface area contributed by atoms with E-state index >= 15 is 0 Å². The Balaban J connectivity index is 1.50. The second kappa shape index (κ2) is 8.56. The van der Waals surface area contributed by atoms with Crippen LogP contribution < -0.4 is 10.1 Å². The van der Waals surface area contributed by atoms with Crippen LogP contribution in [-0.4, -0.2) is 20.7 Å². The zero-order chi connectivity index (χ0) is 21.9. The summed E-state index contributed by atoms with van der Waals surface area (Å²) in [5.74, 6) is 0.454. The van der Waals surface area contributed by atoms with Gasteiger partial charge >= 0.3 is 0 Å². The van der Waals surface area contributed by atoms with Gasteiger partial charge in [0.1, 0.15) is 30.6 Å². The van der Waals surface area contributed by atoms with Crippen LogP contribution >= 0.6 is 11.6 Å². The Morgan fingerprint density at radius 1 is 1.06 bits per heavy atom. The summed E-state index contributed by atoms with van der Waals surface area (Å²) in [6.45, 7) is 0.176. The van der Waals surface area contributed by atoms with Crippen molar-refractivity contribution in [2.45, 2.75) is 6.61 Å². The van der Waals surface area contributed by atoms with E-state index in [1.54, 1.807) is 29.2 Å². The molecule has 0 aliphatic carbocycles. The van der Waals surface area contributed by atoms with Gasteiger partial charge in [0, 0.05) is 16.0 Å². The van der Waals surface area contributed by atoms with E-state index in [4.69, 9.17) is 20.8 Å². The minimum Gasteiger partial charge on any atom is -0.489 e. The molecule has 7 nitrogen and oxygen atoms in total. The van der Waals surface area contributed by atoms with E-state index in [0.717, 1.165) is 5.39 Å². The lowest BCUT2D eigenvalue weighted by molar-refractivity contribution is 0.0995. The van der Waals surface area contributed by atoms with Crippen LogP contribution in [0.4, 0.5) is 5.69 Å². The lowest BCUT2D eigenvalue weighted by atomic mass is 10.1. The van der Waals surface area contributed by atoms with Crippen LogP contribution in [0, 0.1) is 0 Å². The maximum absolute atomic E-state index is 13.3. The maximum Gasteiger partial charge on any atom is 0.291 e. The Kier molecular flexibility index (Phi) is 5.31. The van der Waals surface area contributed by atoms with E-state index < -0.39 is 5.91 Å². The van der Waals surface area contributed by atoms with Gasteiger partial charge in [0.25, 0.3) is 5.91 Å². The number of fused-ring (bicyclic) bond motifs is 1. The predicted molar refractivity (Wildman–Crippen MR) is 121 cm³/mol. The molecule has 158 valence electrons. The molecule has 1 amide bonds. The predicted octanol–water partition coefficient (Wildman–Crippen LogP) is 5.50. The molecule has 0 bridgehead atoms. The molecule has 0 radical (unpaired) electrons. The van der Waals surface area contributed by atoms with E-state index in [-0.39, 0.29) is 12.4 Å². The third-order valence-electron chi connectivity index (χ3n) is 4.90. The minimum absolute atomic E-state index is 0.173. The molecule has 5 aromatic rings. The molecule has 0 aliphatic heterocycles. The van der Waals surface area contributed by atoms with Crippen molar-refractivity contribution >= 4 is 34.2 Å². The van der Waals surface area contributed by atoms with Gasteiger partial charge in [-0.15, -0.1) is 0 Å². The monoisotopic (exact) mass is 444 g/mol. The topological polar surface area (TPSA) is 82.2 Å². The molecule has 0 aliphatic rings. The number of nitrogens with zero attached hydrogens (tertiary/aromatic N) is 3. The van der Waals surface area contributed by atoms with Gasteiger partial charge in [-0.3, -0.25) is 4.79 Å². The zero-order valence-electron chi connectivity index (χ0n) is 16.7. The van der Waals surface area contributed by atoms with E-state index in [2.05, 4.69) is 15.4 Å². The van der Waals surface area contributed by atoms with Crippen molar-refractivity contribution < 1.29 is 13.9 Å². The third-order valence-corrected chi connectivity index (χ3v) is 5.14. The number of benzene rings is 3. The molecule has 0 fully saturated rings. The number of amides is 1. The highest BCUT2D eigenvalue weighted by Gasteiger charge is 2.22. The molecule has 2 heterocycles. The quantitative estimate of drug-likeness (QED) is 0.374. The average molecular weight is 445 g/mol. The number of nitrogens with one attached hydrogen (secondary N) is 1. The van der Waals surface area contributed by atoms with Crippen LogP contribution in [0.15, 0.2) is 89.9 Å². The molecule has 0 unspecified atom stereocenters. The summed E-state index contributed by atoms with van der Waals surface area (Å²) in [5.41, 5.74) is 2.36. The van der Waals surface area contributed by atoms with Crippen molar-refractivity contribution in [3.05, 3.63) is 102 Å². The van der Waals surface area contributed by atoms with Crippen molar-refractivity contribution in [3.8, 4) is 11.4 Å². The van der Waals surface area contributed by atoms with Gasteiger partial charge < -0.3 is 14.5 Å². The van der Waals surface area contributed by atoms with Crippen LogP contribution in [0.25, 0.3) is 16.7 Å². The Morgan fingerprint density at radius 3 is 2.69 bits per heavy atom. The molecule has 1 N–H and O–H groups in total. The largest absolute Gasteiger partial charge is 0.489 e. The fourth-order valence-electron chi connectivity index (χ4n) is 3.42. The van der Waals surface area contributed by atoms with Crippen LogP contribution in [-0.2, 0) is 6.61 Å². The molecule has 0 atom stereocenters. The highest BCUT2D eigenvalue weighted by atomic mass is 35.5. The number of anilines is 1. The van der Waals surface area contributed by atoms with E-state index in [1.165, 1.54) is 6.33 Å². The molecule has 5 rings (SSSR count). The molecule has 32 heavy (non-hydrogen) atoms. The highest BCUT2D eigenvalue weighted by Crippen LogP contribution is 2.30. The number of furan rings is 1. The van der Waals surface area contributed by atoms with Gasteiger partial charge in [-0.25, -0.2) is 9.67 Å². The van der Waals surface area contributed by atoms with Crippen molar-refractivity contribution in [1.29, 1.82) is 0 Å². The number of carbonyl (C=O) groups is 1. The molecule has 0 saturated carbocycles. The first-order valence-electron chi connectivity index (χ1n) is 9.83. The van der Waals surface area contributed by atoms with Crippen LogP contribution in [0.2, 0.25) is 5.02 Å². The van der Waals surface area contributed by atoms with Gasteiger partial charge in [0.2, 0.25) is 0 Å². The van der Waals surface area contributed by atoms with Crippen molar-refractivity contribution in [1.82, 2.24) is 14.8 Å². The first-order chi connectivity index (χ1) is 15.7. The summed E-state index contributed by atoms with van der Waals surface area (Å²) in [5, 5.41) is 8.32.